The molecule has 2 aliphatic heterocycles. The van der Waals surface area contributed by atoms with Crippen LogP contribution < -0.4 is 9.47 Å². The zero-order chi connectivity index (χ0) is 22.2. The lowest BCUT2D eigenvalue weighted by Gasteiger charge is -2.22. The van der Waals surface area contributed by atoms with Crippen LogP contribution in [-0.4, -0.2) is 39.2 Å². The Labute approximate surface area is 191 Å². The molecule has 0 unspecified atom stereocenters. The maximum atomic E-state index is 6.19. The molecule has 0 spiro atoms. The highest BCUT2D eigenvalue weighted by molar-refractivity contribution is 6.31. The van der Waals surface area contributed by atoms with Crippen molar-refractivity contribution in [3.63, 3.8) is 0 Å². The highest BCUT2D eigenvalue weighted by atomic mass is 35.5. The Bertz CT molecular complexity index is 970. The van der Waals surface area contributed by atoms with E-state index in [4.69, 9.17) is 52.1 Å². The van der Waals surface area contributed by atoms with Crippen LogP contribution in [0.4, 0.5) is 0 Å². The van der Waals surface area contributed by atoms with E-state index < -0.39 is 5.41 Å². The van der Waals surface area contributed by atoms with Crippen molar-refractivity contribution >= 4 is 35.0 Å². The first-order valence-corrected chi connectivity index (χ1v) is 10.7. The van der Waals surface area contributed by atoms with Crippen LogP contribution in [-0.2, 0) is 9.47 Å². The predicted molar refractivity (Wildman–Crippen MR) is 122 cm³/mol. The molecule has 4 rings (SSSR count). The third-order valence-corrected chi connectivity index (χ3v) is 5.94. The smallest absolute Gasteiger partial charge is 0.199 e. The Balaban J connectivity index is 1.61. The lowest BCUT2D eigenvalue weighted by Crippen LogP contribution is -2.34. The first-order valence-electron chi connectivity index (χ1n) is 9.92. The molecular weight excluding hydrogens is 439 g/mol. The molecule has 0 radical (unpaired) electrons. The van der Waals surface area contributed by atoms with Gasteiger partial charge < -0.3 is 18.9 Å². The first-order chi connectivity index (χ1) is 14.8. The Morgan fingerprint density at radius 1 is 0.806 bits per heavy atom. The summed E-state index contributed by atoms with van der Waals surface area (Å²) in [7, 11) is 3.25. The molecule has 0 aromatic heterocycles. The van der Waals surface area contributed by atoms with Crippen LogP contribution in [0.1, 0.15) is 37.1 Å². The fourth-order valence-electron chi connectivity index (χ4n) is 3.77. The van der Waals surface area contributed by atoms with Crippen molar-refractivity contribution in [1.29, 1.82) is 0 Å². The monoisotopic (exact) mass is 462 g/mol. The molecule has 2 aromatic carbocycles. The average Bonchev–Trinajstić information content (AvgIpc) is 3.44. The third-order valence-electron chi connectivity index (χ3n) is 5.47. The highest BCUT2D eigenvalue weighted by Gasteiger charge is 2.42. The summed E-state index contributed by atoms with van der Waals surface area (Å²) in [6.45, 7) is 4.77. The van der Waals surface area contributed by atoms with Gasteiger partial charge in [0.05, 0.1) is 14.2 Å². The van der Waals surface area contributed by atoms with Gasteiger partial charge >= 0.3 is 0 Å². The van der Waals surface area contributed by atoms with E-state index >= 15 is 0 Å². The van der Waals surface area contributed by atoms with Gasteiger partial charge in [-0.15, -0.1) is 0 Å². The summed E-state index contributed by atoms with van der Waals surface area (Å²) in [5.41, 5.74) is 1.13. The summed E-state index contributed by atoms with van der Waals surface area (Å²) in [5.74, 6) is 2.58. The van der Waals surface area contributed by atoms with Crippen LogP contribution in [0.3, 0.4) is 0 Å². The molecule has 2 heterocycles. The van der Waals surface area contributed by atoms with Crippen LogP contribution in [0.2, 0.25) is 10.0 Å². The van der Waals surface area contributed by atoms with E-state index in [-0.39, 0.29) is 12.1 Å². The minimum Gasteiger partial charge on any atom is -0.496 e. The molecule has 0 aliphatic carbocycles. The number of hydrogen-bond acceptors (Lipinski definition) is 6. The number of methoxy groups -OCH3 is 2. The number of ether oxygens (including phenoxy) is 4. The second kappa shape index (κ2) is 8.60. The van der Waals surface area contributed by atoms with Gasteiger partial charge in [-0.25, -0.2) is 9.98 Å². The maximum absolute atomic E-state index is 6.19. The second-order valence-electron chi connectivity index (χ2n) is 7.92. The van der Waals surface area contributed by atoms with Crippen molar-refractivity contribution in [3.8, 4) is 11.5 Å². The molecule has 164 valence electrons. The van der Waals surface area contributed by atoms with E-state index in [1.165, 1.54) is 0 Å². The molecule has 31 heavy (non-hydrogen) atoms. The molecule has 6 nitrogen and oxygen atoms in total. The minimum absolute atomic E-state index is 0.214. The van der Waals surface area contributed by atoms with Gasteiger partial charge in [-0.3, -0.25) is 0 Å². The van der Waals surface area contributed by atoms with Crippen LogP contribution >= 0.6 is 23.2 Å². The summed E-state index contributed by atoms with van der Waals surface area (Å²) in [4.78, 5) is 9.64. The standard InChI is InChI=1S/C23H24Cl2N2O4/c1-23(2,21-26-17(11-30-21)15-9-13(24)5-7-19(15)28-3)22-27-18(12-31-22)16-10-14(25)6-8-20(16)29-4/h5-10,17-18H,11-12H2,1-4H3/t17-,18-/m1/s1. The predicted octanol–water partition coefficient (Wildman–Crippen LogP) is 5.68. The number of halogens is 2. The van der Waals surface area contributed by atoms with Gasteiger partial charge in [0, 0.05) is 21.2 Å². The number of hydrogen-bond donors (Lipinski definition) is 0. The number of aliphatic imine (C=N–C) groups is 2. The summed E-state index contributed by atoms with van der Waals surface area (Å²) >= 11 is 12.4. The van der Waals surface area contributed by atoms with Gasteiger partial charge in [-0.1, -0.05) is 23.2 Å². The van der Waals surface area contributed by atoms with Crippen LogP contribution in [0, 0.1) is 5.41 Å². The van der Waals surface area contributed by atoms with Gasteiger partial charge in [-0.05, 0) is 50.2 Å². The van der Waals surface area contributed by atoms with Crippen molar-refractivity contribution in [3.05, 3.63) is 57.6 Å². The van der Waals surface area contributed by atoms with Crippen molar-refractivity contribution in [2.45, 2.75) is 25.9 Å². The second-order valence-corrected chi connectivity index (χ2v) is 8.79. The van der Waals surface area contributed by atoms with Gasteiger partial charge in [0.25, 0.3) is 0 Å². The molecule has 0 saturated heterocycles. The molecule has 0 amide bonds. The Morgan fingerprint density at radius 2 is 1.23 bits per heavy atom. The quantitative estimate of drug-likeness (QED) is 0.553. The molecule has 0 N–H and O–H groups in total. The van der Waals surface area contributed by atoms with Gasteiger partial charge in [0.1, 0.15) is 42.2 Å². The van der Waals surface area contributed by atoms with Crippen LogP contribution in [0.25, 0.3) is 0 Å². The maximum Gasteiger partial charge on any atom is 0.199 e. The zero-order valence-electron chi connectivity index (χ0n) is 17.8. The Morgan fingerprint density at radius 3 is 1.61 bits per heavy atom. The minimum atomic E-state index is -0.638. The molecule has 0 saturated carbocycles. The average molecular weight is 463 g/mol. The normalized spacial score (nSPS) is 20.6. The lowest BCUT2D eigenvalue weighted by atomic mass is 9.93. The van der Waals surface area contributed by atoms with Crippen molar-refractivity contribution in [2.75, 3.05) is 27.4 Å². The Kier molecular flexibility index (Phi) is 6.04. The van der Waals surface area contributed by atoms with Gasteiger partial charge in [0.2, 0.25) is 0 Å². The summed E-state index contributed by atoms with van der Waals surface area (Å²) in [6, 6.07) is 10.5. The van der Waals surface area contributed by atoms with E-state index in [0.29, 0.717) is 35.1 Å². The SMILES string of the molecule is COc1ccc(Cl)cc1[C@H]1COC(C(C)(C)C2=N[C@@H](c3cc(Cl)ccc3OC)CO2)=N1. The number of rotatable bonds is 6. The molecule has 0 bridgehead atoms. The summed E-state index contributed by atoms with van der Waals surface area (Å²) in [5, 5.41) is 1.25. The Hall–Kier alpha value is -2.44. The van der Waals surface area contributed by atoms with Crippen molar-refractivity contribution in [2.24, 2.45) is 15.4 Å². The molecule has 2 aromatic rings. The van der Waals surface area contributed by atoms with Crippen molar-refractivity contribution < 1.29 is 18.9 Å². The summed E-state index contributed by atoms with van der Waals surface area (Å²) in [6.07, 6.45) is 0. The van der Waals surface area contributed by atoms with Crippen LogP contribution in [0.15, 0.2) is 46.4 Å². The van der Waals surface area contributed by atoms with Crippen molar-refractivity contribution in [1.82, 2.24) is 0 Å². The van der Waals surface area contributed by atoms with Gasteiger partial charge in [-0.2, -0.15) is 0 Å². The topological polar surface area (TPSA) is 61.6 Å². The largest absolute Gasteiger partial charge is 0.496 e. The zero-order valence-corrected chi connectivity index (χ0v) is 19.3. The number of benzene rings is 2. The lowest BCUT2D eigenvalue weighted by molar-refractivity contribution is 0.263. The molecular formula is C23H24Cl2N2O4. The fraction of sp³-hybridized carbons (Fsp3) is 0.391. The van der Waals surface area contributed by atoms with E-state index in [1.54, 1.807) is 26.4 Å². The fourth-order valence-corrected chi connectivity index (χ4v) is 4.13. The van der Waals surface area contributed by atoms with E-state index in [1.807, 2.05) is 38.1 Å². The molecule has 8 heteroatoms. The third kappa shape index (κ3) is 4.19. The first kappa shape index (κ1) is 21.8. The van der Waals surface area contributed by atoms with Crippen LogP contribution in [0.5, 0.6) is 11.5 Å². The van der Waals surface area contributed by atoms with E-state index in [2.05, 4.69) is 0 Å². The number of nitrogens with zero attached hydrogens (tertiary/aromatic N) is 2. The van der Waals surface area contributed by atoms with E-state index in [9.17, 15) is 0 Å². The highest BCUT2D eigenvalue weighted by Crippen LogP contribution is 2.40. The van der Waals surface area contributed by atoms with E-state index in [0.717, 1.165) is 22.6 Å². The summed E-state index contributed by atoms with van der Waals surface area (Å²) < 4.78 is 22.9. The molecule has 2 atom stereocenters. The molecule has 0 fully saturated rings. The molecule has 2 aliphatic rings. The van der Waals surface area contributed by atoms with Gasteiger partial charge in [0.15, 0.2) is 11.8 Å².